The SMILES string of the molecule is O=c1c2c3nc4ccccc4nc3n(-c3ccc(Cl)c(Cl)c3)c2ncn1C1CCCCC1. The summed E-state index contributed by atoms with van der Waals surface area (Å²) in [5.41, 5.74) is 3.78. The fourth-order valence-electron chi connectivity index (χ4n) is 4.74. The van der Waals surface area contributed by atoms with Gasteiger partial charge in [0.25, 0.3) is 5.56 Å². The van der Waals surface area contributed by atoms with E-state index in [1.807, 2.05) is 34.9 Å². The molecule has 5 aromatic rings. The van der Waals surface area contributed by atoms with Gasteiger partial charge >= 0.3 is 0 Å². The number of benzene rings is 2. The highest BCUT2D eigenvalue weighted by Crippen LogP contribution is 2.32. The molecule has 0 aliphatic heterocycles. The molecule has 0 spiro atoms. The predicted octanol–water partition coefficient (Wildman–Crippen LogP) is 6.10. The first kappa shape index (κ1) is 19.7. The lowest BCUT2D eigenvalue weighted by atomic mass is 9.95. The van der Waals surface area contributed by atoms with Crippen LogP contribution in [-0.4, -0.2) is 24.1 Å². The Balaban J connectivity index is 1.73. The molecular weight excluding hydrogens is 445 g/mol. The van der Waals surface area contributed by atoms with Gasteiger partial charge in [-0.05, 0) is 43.2 Å². The van der Waals surface area contributed by atoms with Crippen LogP contribution in [-0.2, 0) is 0 Å². The molecule has 3 aromatic heterocycles. The van der Waals surface area contributed by atoms with Gasteiger partial charge in [-0.3, -0.25) is 13.9 Å². The van der Waals surface area contributed by atoms with Crippen molar-refractivity contribution in [3.8, 4) is 5.69 Å². The lowest BCUT2D eigenvalue weighted by Crippen LogP contribution is -2.26. The lowest BCUT2D eigenvalue weighted by Gasteiger charge is -2.23. The molecule has 0 unspecified atom stereocenters. The van der Waals surface area contributed by atoms with Crippen molar-refractivity contribution in [1.82, 2.24) is 24.1 Å². The van der Waals surface area contributed by atoms with Gasteiger partial charge in [-0.25, -0.2) is 15.0 Å². The molecular formula is C24H19Cl2N5O. The Hall–Kier alpha value is -2.96. The van der Waals surface area contributed by atoms with Gasteiger partial charge in [-0.1, -0.05) is 54.6 Å². The van der Waals surface area contributed by atoms with Crippen LogP contribution in [0.25, 0.3) is 38.9 Å². The van der Waals surface area contributed by atoms with E-state index in [-0.39, 0.29) is 11.6 Å². The van der Waals surface area contributed by atoms with E-state index in [0.29, 0.717) is 32.2 Å². The third-order valence-electron chi connectivity index (χ3n) is 6.32. The highest BCUT2D eigenvalue weighted by atomic mass is 35.5. The Bertz CT molecular complexity index is 1570. The average molecular weight is 464 g/mol. The summed E-state index contributed by atoms with van der Waals surface area (Å²) in [5, 5.41) is 1.36. The summed E-state index contributed by atoms with van der Waals surface area (Å²) in [5.74, 6) is 0. The maximum absolute atomic E-state index is 13.7. The Morgan fingerprint density at radius 3 is 2.38 bits per heavy atom. The van der Waals surface area contributed by atoms with Crippen LogP contribution < -0.4 is 5.56 Å². The van der Waals surface area contributed by atoms with Gasteiger partial charge in [0.2, 0.25) is 0 Å². The van der Waals surface area contributed by atoms with E-state index in [4.69, 9.17) is 38.2 Å². The molecule has 6 nitrogen and oxygen atoms in total. The van der Waals surface area contributed by atoms with Crippen molar-refractivity contribution in [2.45, 2.75) is 38.1 Å². The van der Waals surface area contributed by atoms with Crippen molar-refractivity contribution < 1.29 is 0 Å². The molecule has 1 fully saturated rings. The molecule has 160 valence electrons. The van der Waals surface area contributed by atoms with Crippen LogP contribution in [0.1, 0.15) is 38.1 Å². The second-order valence-electron chi connectivity index (χ2n) is 8.27. The summed E-state index contributed by atoms with van der Waals surface area (Å²) in [7, 11) is 0. The molecule has 0 saturated heterocycles. The largest absolute Gasteiger partial charge is 0.295 e. The van der Waals surface area contributed by atoms with Crippen molar-refractivity contribution in [1.29, 1.82) is 0 Å². The number of hydrogen-bond donors (Lipinski definition) is 0. The summed E-state index contributed by atoms with van der Waals surface area (Å²) in [4.78, 5) is 28.2. The number of rotatable bonds is 2. The molecule has 32 heavy (non-hydrogen) atoms. The van der Waals surface area contributed by atoms with Gasteiger partial charge in [0.1, 0.15) is 17.2 Å². The second kappa shape index (κ2) is 7.57. The number of nitrogens with zero attached hydrogens (tertiary/aromatic N) is 5. The van der Waals surface area contributed by atoms with E-state index >= 15 is 0 Å². The Morgan fingerprint density at radius 2 is 1.62 bits per heavy atom. The summed E-state index contributed by atoms with van der Waals surface area (Å²) < 4.78 is 3.63. The van der Waals surface area contributed by atoms with Crippen LogP contribution in [0.15, 0.2) is 53.6 Å². The normalized spacial score (nSPS) is 15.2. The fraction of sp³-hybridized carbons (Fsp3) is 0.250. The number of hydrogen-bond acceptors (Lipinski definition) is 4. The highest BCUT2D eigenvalue weighted by Gasteiger charge is 2.24. The van der Waals surface area contributed by atoms with Crippen LogP contribution >= 0.6 is 23.2 Å². The smallest absolute Gasteiger partial charge is 0.265 e. The second-order valence-corrected chi connectivity index (χ2v) is 9.08. The minimum atomic E-state index is -0.0738. The molecule has 6 rings (SSSR count). The first-order valence-corrected chi connectivity index (χ1v) is 11.5. The molecule has 1 saturated carbocycles. The third kappa shape index (κ3) is 3.01. The van der Waals surface area contributed by atoms with E-state index in [2.05, 4.69) is 0 Å². The monoisotopic (exact) mass is 463 g/mol. The van der Waals surface area contributed by atoms with Crippen LogP contribution in [0, 0.1) is 0 Å². The van der Waals surface area contributed by atoms with Crippen LogP contribution in [0.2, 0.25) is 10.0 Å². The zero-order valence-electron chi connectivity index (χ0n) is 17.1. The maximum Gasteiger partial charge on any atom is 0.265 e. The minimum absolute atomic E-state index is 0.0738. The van der Waals surface area contributed by atoms with E-state index in [1.54, 1.807) is 23.0 Å². The summed E-state index contributed by atoms with van der Waals surface area (Å²) in [6.45, 7) is 0. The van der Waals surface area contributed by atoms with Crippen LogP contribution in [0.4, 0.5) is 0 Å². The van der Waals surface area contributed by atoms with E-state index in [9.17, 15) is 4.79 Å². The molecule has 0 radical (unpaired) electrons. The third-order valence-corrected chi connectivity index (χ3v) is 7.06. The van der Waals surface area contributed by atoms with Crippen molar-refractivity contribution in [2.24, 2.45) is 0 Å². The van der Waals surface area contributed by atoms with Crippen LogP contribution in [0.5, 0.6) is 0 Å². The summed E-state index contributed by atoms with van der Waals surface area (Å²) >= 11 is 12.5. The molecule has 3 heterocycles. The first-order valence-electron chi connectivity index (χ1n) is 10.8. The zero-order chi connectivity index (χ0) is 21.8. The number of para-hydroxylation sites is 2. The molecule has 8 heteroatoms. The molecule has 0 bridgehead atoms. The van der Waals surface area contributed by atoms with Crippen molar-refractivity contribution >= 4 is 56.4 Å². The number of aromatic nitrogens is 5. The van der Waals surface area contributed by atoms with E-state index < -0.39 is 0 Å². The molecule has 1 aliphatic carbocycles. The Labute approximate surface area is 193 Å². The maximum atomic E-state index is 13.7. The highest BCUT2D eigenvalue weighted by molar-refractivity contribution is 6.42. The summed E-state index contributed by atoms with van der Waals surface area (Å²) in [6.07, 6.45) is 7.14. The molecule has 1 aliphatic rings. The van der Waals surface area contributed by atoms with Gasteiger partial charge in [0, 0.05) is 6.04 Å². The number of fused-ring (bicyclic) bond motifs is 4. The Kier molecular flexibility index (Phi) is 4.66. The fourth-order valence-corrected chi connectivity index (χ4v) is 5.03. The van der Waals surface area contributed by atoms with Gasteiger partial charge in [0.05, 0.1) is 26.8 Å². The summed E-state index contributed by atoms with van der Waals surface area (Å²) in [6, 6.07) is 13.2. The molecule has 2 aromatic carbocycles. The molecule has 0 N–H and O–H groups in total. The standard InChI is InChI=1S/C24H19Cl2N5O/c25-16-11-10-15(12-17(16)26)31-22-20(21-23(31)29-19-9-5-4-8-18(19)28-21)24(32)30(13-27-22)14-6-2-1-3-7-14/h4-5,8-14H,1-3,6-7H2. The number of halogens is 2. The van der Waals surface area contributed by atoms with E-state index in [0.717, 1.165) is 42.4 Å². The lowest BCUT2D eigenvalue weighted by molar-refractivity contribution is 0.345. The predicted molar refractivity (Wildman–Crippen MR) is 128 cm³/mol. The van der Waals surface area contributed by atoms with E-state index in [1.165, 1.54) is 6.42 Å². The Morgan fingerprint density at radius 1 is 0.875 bits per heavy atom. The minimum Gasteiger partial charge on any atom is -0.295 e. The molecule has 0 atom stereocenters. The van der Waals surface area contributed by atoms with Crippen molar-refractivity contribution in [3.63, 3.8) is 0 Å². The quantitative estimate of drug-likeness (QED) is 0.317. The van der Waals surface area contributed by atoms with Gasteiger partial charge < -0.3 is 0 Å². The first-order chi connectivity index (χ1) is 15.6. The van der Waals surface area contributed by atoms with Crippen molar-refractivity contribution in [2.75, 3.05) is 0 Å². The molecule has 0 amide bonds. The van der Waals surface area contributed by atoms with Gasteiger partial charge in [-0.15, -0.1) is 0 Å². The zero-order valence-corrected chi connectivity index (χ0v) is 18.6. The van der Waals surface area contributed by atoms with Crippen molar-refractivity contribution in [3.05, 3.63) is 69.2 Å². The van der Waals surface area contributed by atoms with Gasteiger partial charge in [0.15, 0.2) is 11.3 Å². The average Bonchev–Trinajstić information content (AvgIpc) is 3.14. The van der Waals surface area contributed by atoms with Gasteiger partial charge in [-0.2, -0.15) is 0 Å². The topological polar surface area (TPSA) is 65.6 Å². The van der Waals surface area contributed by atoms with Crippen LogP contribution in [0.3, 0.4) is 0 Å².